The molecule has 5 nitrogen and oxygen atoms in total. The Labute approximate surface area is 119 Å². The Bertz CT molecular complexity index is 414. The van der Waals surface area contributed by atoms with Gasteiger partial charge in [-0.25, -0.2) is 0 Å². The first-order valence-corrected chi connectivity index (χ1v) is 6.58. The fraction of sp³-hybridized carbons (Fsp3) is 0.533. The van der Waals surface area contributed by atoms with E-state index in [0.29, 0.717) is 13.0 Å². The van der Waals surface area contributed by atoms with Gasteiger partial charge in [-0.05, 0) is 24.6 Å². The second-order valence-corrected chi connectivity index (χ2v) is 5.04. The lowest BCUT2D eigenvalue weighted by atomic mass is 10.0. The van der Waals surface area contributed by atoms with Gasteiger partial charge in [-0.15, -0.1) is 0 Å². The van der Waals surface area contributed by atoms with Crippen molar-refractivity contribution in [1.82, 2.24) is 5.32 Å². The third kappa shape index (κ3) is 6.04. The molecule has 0 saturated heterocycles. The zero-order valence-corrected chi connectivity index (χ0v) is 12.3. The molecule has 1 amide bonds. The van der Waals surface area contributed by atoms with Gasteiger partial charge in [0.25, 0.3) is 0 Å². The predicted molar refractivity (Wildman–Crippen MR) is 76.8 cm³/mol. The van der Waals surface area contributed by atoms with Crippen LogP contribution in [0.5, 0.6) is 5.75 Å². The highest BCUT2D eigenvalue weighted by Crippen LogP contribution is 2.12. The highest BCUT2D eigenvalue weighted by molar-refractivity contribution is 5.78. The fourth-order valence-corrected chi connectivity index (χ4v) is 1.69. The van der Waals surface area contributed by atoms with Gasteiger partial charge in [0.2, 0.25) is 5.91 Å². The maximum absolute atomic E-state index is 11.8. The summed E-state index contributed by atoms with van der Waals surface area (Å²) < 4.78 is 9.98. The summed E-state index contributed by atoms with van der Waals surface area (Å²) in [6, 6.07) is 7.33. The summed E-state index contributed by atoms with van der Waals surface area (Å²) in [4.78, 5) is 11.8. The second kappa shape index (κ2) is 7.87. The highest BCUT2D eigenvalue weighted by atomic mass is 16.5. The van der Waals surface area contributed by atoms with E-state index in [1.54, 1.807) is 21.1 Å². The van der Waals surface area contributed by atoms with Gasteiger partial charge in [-0.2, -0.15) is 0 Å². The van der Waals surface area contributed by atoms with Crippen LogP contribution in [0.3, 0.4) is 0 Å². The Morgan fingerprint density at radius 1 is 1.30 bits per heavy atom. The van der Waals surface area contributed by atoms with Crippen LogP contribution in [0.4, 0.5) is 0 Å². The molecule has 0 spiro atoms. The standard InChI is InChI=1S/C15H23NO4/c1-15(18,8-9-19-2)11-16-14(17)10-12-4-6-13(20-3)7-5-12/h4-7,18H,8-11H2,1-3H3,(H,16,17). The third-order valence-corrected chi connectivity index (χ3v) is 3.03. The van der Waals surface area contributed by atoms with Crippen molar-refractivity contribution in [1.29, 1.82) is 0 Å². The summed E-state index contributed by atoms with van der Waals surface area (Å²) in [5.74, 6) is 0.643. The average molecular weight is 281 g/mol. The summed E-state index contributed by atoms with van der Waals surface area (Å²) in [6.07, 6.45) is 0.761. The second-order valence-electron chi connectivity index (χ2n) is 5.04. The van der Waals surface area contributed by atoms with Gasteiger partial charge < -0.3 is 19.9 Å². The molecule has 0 radical (unpaired) electrons. The lowest BCUT2D eigenvalue weighted by Crippen LogP contribution is -2.41. The van der Waals surface area contributed by atoms with E-state index >= 15 is 0 Å². The zero-order chi connectivity index (χ0) is 15.0. The van der Waals surface area contributed by atoms with E-state index in [4.69, 9.17) is 9.47 Å². The maximum Gasteiger partial charge on any atom is 0.224 e. The molecule has 112 valence electrons. The van der Waals surface area contributed by atoms with E-state index in [1.165, 1.54) is 0 Å². The quantitative estimate of drug-likeness (QED) is 0.750. The molecule has 1 unspecified atom stereocenters. The third-order valence-electron chi connectivity index (χ3n) is 3.03. The lowest BCUT2D eigenvalue weighted by molar-refractivity contribution is -0.121. The maximum atomic E-state index is 11.8. The zero-order valence-electron chi connectivity index (χ0n) is 12.3. The Balaban J connectivity index is 2.39. The highest BCUT2D eigenvalue weighted by Gasteiger charge is 2.20. The molecule has 2 N–H and O–H groups in total. The number of carbonyl (C=O) groups excluding carboxylic acids is 1. The minimum atomic E-state index is -0.953. The monoisotopic (exact) mass is 281 g/mol. The van der Waals surface area contributed by atoms with E-state index < -0.39 is 5.60 Å². The van der Waals surface area contributed by atoms with Crippen LogP contribution < -0.4 is 10.1 Å². The molecule has 1 atom stereocenters. The summed E-state index contributed by atoms with van der Waals surface area (Å²) in [7, 11) is 3.18. The van der Waals surface area contributed by atoms with Gasteiger partial charge in [-0.3, -0.25) is 4.79 Å². The summed E-state index contributed by atoms with van der Waals surface area (Å²) in [5.41, 5.74) is -0.0502. The van der Waals surface area contributed by atoms with E-state index in [9.17, 15) is 9.90 Å². The molecule has 0 bridgehead atoms. The Kier molecular flexibility index (Phi) is 6.48. The normalized spacial score (nSPS) is 13.6. The van der Waals surface area contributed by atoms with E-state index in [0.717, 1.165) is 11.3 Å². The van der Waals surface area contributed by atoms with Crippen LogP contribution in [0.2, 0.25) is 0 Å². The number of hydrogen-bond acceptors (Lipinski definition) is 4. The van der Waals surface area contributed by atoms with E-state index in [2.05, 4.69) is 5.32 Å². The molecule has 0 heterocycles. The minimum Gasteiger partial charge on any atom is -0.497 e. The molecule has 1 aromatic carbocycles. The largest absolute Gasteiger partial charge is 0.497 e. The Hall–Kier alpha value is -1.59. The van der Waals surface area contributed by atoms with Gasteiger partial charge >= 0.3 is 0 Å². The predicted octanol–water partition coefficient (Wildman–Crippen LogP) is 1.14. The molecule has 1 rings (SSSR count). The number of amides is 1. The van der Waals surface area contributed by atoms with Crippen LogP contribution in [-0.2, 0) is 16.0 Å². The van der Waals surface area contributed by atoms with Gasteiger partial charge in [0.15, 0.2) is 0 Å². The van der Waals surface area contributed by atoms with Gasteiger partial charge in [0.1, 0.15) is 5.75 Å². The van der Waals surface area contributed by atoms with Gasteiger partial charge in [-0.1, -0.05) is 12.1 Å². The molecule has 0 aliphatic carbocycles. The molecule has 0 fully saturated rings. The molecule has 0 aromatic heterocycles. The number of methoxy groups -OCH3 is 2. The van der Waals surface area contributed by atoms with Crippen molar-refractivity contribution >= 4 is 5.91 Å². The SMILES string of the molecule is COCCC(C)(O)CNC(=O)Cc1ccc(OC)cc1. The van der Waals surface area contributed by atoms with Gasteiger partial charge in [0, 0.05) is 26.7 Å². The molecule has 0 aliphatic rings. The topological polar surface area (TPSA) is 67.8 Å². The van der Waals surface area contributed by atoms with E-state index in [1.807, 2.05) is 24.3 Å². The first-order valence-electron chi connectivity index (χ1n) is 6.58. The van der Waals surface area contributed by atoms with Crippen LogP contribution in [0, 0.1) is 0 Å². The van der Waals surface area contributed by atoms with Crippen molar-refractivity contribution in [2.24, 2.45) is 0 Å². The number of carbonyl (C=O) groups is 1. The van der Waals surface area contributed by atoms with Crippen molar-refractivity contribution in [3.63, 3.8) is 0 Å². The van der Waals surface area contributed by atoms with Crippen LogP contribution in [0.15, 0.2) is 24.3 Å². The molecular weight excluding hydrogens is 258 g/mol. The summed E-state index contributed by atoms with van der Waals surface area (Å²) in [6.45, 7) is 2.35. The molecule has 0 saturated carbocycles. The van der Waals surface area contributed by atoms with Crippen molar-refractivity contribution in [2.75, 3.05) is 27.4 Å². The Morgan fingerprint density at radius 2 is 1.95 bits per heavy atom. The van der Waals surface area contributed by atoms with Gasteiger partial charge in [0.05, 0.1) is 19.1 Å². The molecule has 0 aliphatic heterocycles. The fourth-order valence-electron chi connectivity index (χ4n) is 1.69. The van der Waals surface area contributed by atoms with Crippen LogP contribution in [-0.4, -0.2) is 44.0 Å². The number of ether oxygens (including phenoxy) is 2. The van der Waals surface area contributed by atoms with Crippen LogP contribution in [0.25, 0.3) is 0 Å². The number of aliphatic hydroxyl groups is 1. The average Bonchev–Trinajstić information content (AvgIpc) is 2.44. The lowest BCUT2D eigenvalue weighted by Gasteiger charge is -2.23. The molecule has 5 heteroatoms. The number of nitrogens with one attached hydrogen (secondary N) is 1. The van der Waals surface area contributed by atoms with Crippen molar-refractivity contribution in [2.45, 2.75) is 25.4 Å². The number of hydrogen-bond donors (Lipinski definition) is 2. The molecular formula is C15H23NO4. The smallest absolute Gasteiger partial charge is 0.224 e. The number of rotatable bonds is 8. The first kappa shape index (κ1) is 16.5. The van der Waals surface area contributed by atoms with Crippen LogP contribution in [0.1, 0.15) is 18.9 Å². The number of benzene rings is 1. The summed E-state index contributed by atoms with van der Waals surface area (Å²) >= 11 is 0. The van der Waals surface area contributed by atoms with Crippen molar-refractivity contribution in [3.05, 3.63) is 29.8 Å². The van der Waals surface area contributed by atoms with Crippen LogP contribution >= 0.6 is 0 Å². The Morgan fingerprint density at radius 3 is 2.50 bits per heavy atom. The first-order chi connectivity index (χ1) is 9.46. The molecule has 1 aromatic rings. The molecule has 20 heavy (non-hydrogen) atoms. The minimum absolute atomic E-state index is 0.118. The van der Waals surface area contributed by atoms with E-state index in [-0.39, 0.29) is 18.9 Å². The van der Waals surface area contributed by atoms with Crippen molar-refractivity contribution < 1.29 is 19.4 Å². The summed E-state index contributed by atoms with van der Waals surface area (Å²) in [5, 5.41) is 12.8. The van der Waals surface area contributed by atoms with Crippen molar-refractivity contribution in [3.8, 4) is 5.75 Å².